The normalized spacial score (nSPS) is 26.5. The van der Waals surface area contributed by atoms with E-state index in [-0.39, 0.29) is 10.8 Å². The summed E-state index contributed by atoms with van der Waals surface area (Å²) < 4.78 is 4.93. The SMILES string of the molecule is CCNC(=O)NC(=O)COC(=O)[C@@H]1CS[C@@]2(C)CCC(=O)N12. The number of hydrogen-bond acceptors (Lipinski definition) is 6. The molecule has 2 saturated heterocycles. The van der Waals surface area contributed by atoms with Gasteiger partial charge in [0.1, 0.15) is 6.04 Å². The first-order valence-corrected chi connectivity index (χ1v) is 8.06. The van der Waals surface area contributed by atoms with Gasteiger partial charge in [0.05, 0.1) is 4.87 Å². The van der Waals surface area contributed by atoms with Crippen LogP contribution in [0.5, 0.6) is 0 Å². The molecule has 0 aromatic rings. The van der Waals surface area contributed by atoms with E-state index in [1.54, 1.807) is 23.6 Å². The average molecular weight is 329 g/mol. The molecule has 0 aromatic carbocycles. The van der Waals surface area contributed by atoms with E-state index in [4.69, 9.17) is 4.74 Å². The number of ether oxygens (including phenoxy) is 1. The van der Waals surface area contributed by atoms with E-state index >= 15 is 0 Å². The third kappa shape index (κ3) is 3.34. The Morgan fingerprint density at radius 2 is 2.18 bits per heavy atom. The molecular formula is C13H19N3O5S. The highest BCUT2D eigenvalue weighted by Crippen LogP contribution is 2.47. The molecule has 2 rings (SSSR count). The minimum atomic E-state index is -0.708. The first-order chi connectivity index (χ1) is 10.4. The van der Waals surface area contributed by atoms with Crippen molar-refractivity contribution in [3.63, 3.8) is 0 Å². The molecule has 0 radical (unpaired) electrons. The second-order valence-corrected chi connectivity index (χ2v) is 6.78. The number of nitrogens with zero attached hydrogens (tertiary/aromatic N) is 1. The number of amides is 4. The second-order valence-electron chi connectivity index (χ2n) is 5.28. The van der Waals surface area contributed by atoms with Gasteiger partial charge in [0, 0.05) is 18.7 Å². The highest BCUT2D eigenvalue weighted by Gasteiger charge is 2.53. The summed E-state index contributed by atoms with van der Waals surface area (Å²) in [7, 11) is 0. The molecule has 8 nitrogen and oxygen atoms in total. The number of rotatable bonds is 4. The van der Waals surface area contributed by atoms with Gasteiger partial charge >= 0.3 is 12.0 Å². The quantitative estimate of drug-likeness (QED) is 0.694. The Bertz CT molecular complexity index is 512. The van der Waals surface area contributed by atoms with Crippen LogP contribution in [-0.4, -0.2) is 58.5 Å². The van der Waals surface area contributed by atoms with Gasteiger partial charge < -0.3 is 15.0 Å². The zero-order chi connectivity index (χ0) is 16.3. The van der Waals surface area contributed by atoms with Crippen molar-refractivity contribution in [2.45, 2.75) is 37.6 Å². The zero-order valence-electron chi connectivity index (χ0n) is 12.5. The third-order valence-electron chi connectivity index (χ3n) is 3.65. The van der Waals surface area contributed by atoms with E-state index in [0.29, 0.717) is 25.1 Å². The summed E-state index contributed by atoms with van der Waals surface area (Å²) in [5.41, 5.74) is 0. The standard InChI is InChI=1S/C13H19N3O5S/c1-3-14-12(20)15-9(17)6-21-11(19)8-7-22-13(2)5-4-10(18)16(8)13/h8H,3-7H2,1-2H3,(H2,14,15,17,20)/t8-,13-/m0/s1. The van der Waals surface area contributed by atoms with Crippen LogP contribution in [0.2, 0.25) is 0 Å². The molecule has 0 bridgehead atoms. The number of nitrogens with one attached hydrogen (secondary N) is 2. The molecule has 22 heavy (non-hydrogen) atoms. The lowest BCUT2D eigenvalue weighted by molar-refractivity contribution is -0.156. The average Bonchev–Trinajstić information content (AvgIpc) is 2.94. The Morgan fingerprint density at radius 3 is 2.86 bits per heavy atom. The van der Waals surface area contributed by atoms with Crippen LogP contribution < -0.4 is 10.6 Å². The van der Waals surface area contributed by atoms with E-state index in [9.17, 15) is 19.2 Å². The smallest absolute Gasteiger partial charge is 0.330 e. The van der Waals surface area contributed by atoms with Crippen molar-refractivity contribution in [3.05, 3.63) is 0 Å². The lowest BCUT2D eigenvalue weighted by atomic mass is 10.2. The van der Waals surface area contributed by atoms with Crippen molar-refractivity contribution in [2.24, 2.45) is 0 Å². The summed E-state index contributed by atoms with van der Waals surface area (Å²) >= 11 is 1.55. The number of fused-ring (bicyclic) bond motifs is 1. The van der Waals surface area contributed by atoms with Gasteiger partial charge in [-0.2, -0.15) is 0 Å². The minimum absolute atomic E-state index is 0.0683. The monoisotopic (exact) mass is 329 g/mol. The summed E-state index contributed by atoms with van der Waals surface area (Å²) in [5.74, 6) is -0.932. The summed E-state index contributed by atoms with van der Waals surface area (Å²) in [4.78, 5) is 47.8. The maximum Gasteiger partial charge on any atom is 0.330 e. The summed E-state index contributed by atoms with van der Waals surface area (Å²) in [6, 6.07) is -1.30. The molecule has 2 aliphatic heterocycles. The fourth-order valence-corrected chi connectivity index (χ4v) is 4.01. The number of hydrogen-bond donors (Lipinski definition) is 2. The van der Waals surface area contributed by atoms with E-state index < -0.39 is 30.6 Å². The van der Waals surface area contributed by atoms with Crippen LogP contribution in [0.1, 0.15) is 26.7 Å². The predicted molar refractivity (Wildman–Crippen MR) is 78.9 cm³/mol. The number of urea groups is 1. The Hall–Kier alpha value is -1.77. The molecule has 4 amide bonds. The van der Waals surface area contributed by atoms with Gasteiger partial charge in [0.15, 0.2) is 6.61 Å². The first kappa shape index (κ1) is 16.6. The molecule has 0 aromatic heterocycles. The minimum Gasteiger partial charge on any atom is -0.454 e. The maximum absolute atomic E-state index is 12.1. The lowest BCUT2D eigenvalue weighted by Crippen LogP contribution is -2.47. The van der Waals surface area contributed by atoms with Crippen molar-refractivity contribution in [1.82, 2.24) is 15.5 Å². The van der Waals surface area contributed by atoms with Crippen molar-refractivity contribution in [3.8, 4) is 0 Å². The van der Waals surface area contributed by atoms with Crippen LogP contribution in [-0.2, 0) is 19.1 Å². The van der Waals surface area contributed by atoms with E-state index in [2.05, 4.69) is 5.32 Å². The number of imide groups is 1. The van der Waals surface area contributed by atoms with Crippen molar-refractivity contribution < 1.29 is 23.9 Å². The Balaban J connectivity index is 1.84. The van der Waals surface area contributed by atoms with Crippen molar-refractivity contribution >= 4 is 35.6 Å². The molecule has 122 valence electrons. The molecule has 2 aliphatic rings. The van der Waals surface area contributed by atoms with Gasteiger partial charge in [0.25, 0.3) is 5.91 Å². The van der Waals surface area contributed by atoms with Crippen LogP contribution in [0.3, 0.4) is 0 Å². The van der Waals surface area contributed by atoms with Gasteiger partial charge in [-0.05, 0) is 20.3 Å². The molecule has 2 heterocycles. The van der Waals surface area contributed by atoms with E-state index in [1.807, 2.05) is 12.2 Å². The van der Waals surface area contributed by atoms with Gasteiger partial charge in [-0.1, -0.05) is 0 Å². The zero-order valence-corrected chi connectivity index (χ0v) is 13.3. The molecule has 2 fully saturated rings. The fourth-order valence-electron chi connectivity index (χ4n) is 2.60. The van der Waals surface area contributed by atoms with Gasteiger partial charge in [-0.15, -0.1) is 11.8 Å². The van der Waals surface area contributed by atoms with Crippen LogP contribution in [0.4, 0.5) is 4.79 Å². The topological polar surface area (TPSA) is 105 Å². The van der Waals surface area contributed by atoms with Gasteiger partial charge in [-0.25, -0.2) is 9.59 Å². The Labute approximate surface area is 132 Å². The van der Waals surface area contributed by atoms with Gasteiger partial charge in [0.2, 0.25) is 5.91 Å². The fraction of sp³-hybridized carbons (Fsp3) is 0.692. The number of thioether (sulfide) groups is 1. The molecular weight excluding hydrogens is 310 g/mol. The third-order valence-corrected chi connectivity index (χ3v) is 5.16. The van der Waals surface area contributed by atoms with Crippen LogP contribution in [0.15, 0.2) is 0 Å². The molecule has 0 saturated carbocycles. The van der Waals surface area contributed by atoms with Crippen LogP contribution in [0, 0.1) is 0 Å². The predicted octanol–water partition coefficient (Wildman–Crippen LogP) is -0.171. The highest BCUT2D eigenvalue weighted by molar-refractivity contribution is 8.01. The number of esters is 1. The number of carbonyl (C=O) groups is 4. The molecule has 0 aliphatic carbocycles. The highest BCUT2D eigenvalue weighted by atomic mass is 32.2. The van der Waals surface area contributed by atoms with Crippen LogP contribution in [0.25, 0.3) is 0 Å². The Kier molecular flexibility index (Phi) is 4.94. The van der Waals surface area contributed by atoms with Crippen LogP contribution >= 0.6 is 11.8 Å². The van der Waals surface area contributed by atoms with Crippen molar-refractivity contribution in [2.75, 3.05) is 18.9 Å². The summed E-state index contributed by atoms with van der Waals surface area (Å²) in [6.07, 6.45) is 1.13. The molecule has 0 spiro atoms. The molecule has 9 heteroatoms. The lowest BCUT2D eigenvalue weighted by Gasteiger charge is -2.29. The maximum atomic E-state index is 12.1. The van der Waals surface area contributed by atoms with E-state index in [0.717, 1.165) is 0 Å². The largest absolute Gasteiger partial charge is 0.454 e. The summed E-state index contributed by atoms with van der Waals surface area (Å²) in [6.45, 7) is 3.48. The second kappa shape index (κ2) is 6.55. The van der Waals surface area contributed by atoms with E-state index in [1.165, 1.54) is 0 Å². The molecule has 2 N–H and O–H groups in total. The molecule has 0 unspecified atom stereocenters. The summed E-state index contributed by atoms with van der Waals surface area (Å²) in [5, 5.41) is 4.43. The van der Waals surface area contributed by atoms with Crippen molar-refractivity contribution in [1.29, 1.82) is 0 Å². The first-order valence-electron chi connectivity index (χ1n) is 7.08. The Morgan fingerprint density at radius 1 is 1.45 bits per heavy atom. The molecule has 2 atom stereocenters. The van der Waals surface area contributed by atoms with Gasteiger partial charge in [-0.3, -0.25) is 14.9 Å². The number of carbonyl (C=O) groups excluding carboxylic acids is 4.